The van der Waals surface area contributed by atoms with Gasteiger partial charge in [-0.25, -0.2) is 0 Å². The molecule has 0 unspecified atom stereocenters. The zero-order chi connectivity index (χ0) is 10.1. The van der Waals surface area contributed by atoms with Crippen molar-refractivity contribution in [1.29, 1.82) is 0 Å². The topological polar surface area (TPSA) is 46.2 Å². The molecule has 1 rings (SSSR count). The first-order valence-corrected chi connectivity index (χ1v) is 4.56. The highest BCUT2D eigenvalue weighted by atomic mass is 16.3. The zero-order valence-corrected chi connectivity index (χ0v) is 8.46. The van der Waals surface area contributed by atoms with Gasteiger partial charge in [0.05, 0.1) is 5.69 Å². The number of anilines is 1. The second kappa shape index (κ2) is 3.29. The highest BCUT2D eigenvalue weighted by molar-refractivity contribution is 5.54. The van der Waals surface area contributed by atoms with E-state index in [-0.39, 0.29) is 11.2 Å². The summed E-state index contributed by atoms with van der Waals surface area (Å²) in [6, 6.07) is 5.43. The van der Waals surface area contributed by atoms with Gasteiger partial charge >= 0.3 is 0 Å². The summed E-state index contributed by atoms with van der Waals surface area (Å²) in [5.41, 5.74) is 7.38. The highest BCUT2D eigenvalue weighted by Crippen LogP contribution is 2.31. The van der Waals surface area contributed by atoms with Gasteiger partial charge in [0.2, 0.25) is 0 Å². The Morgan fingerprint density at radius 2 is 2.00 bits per heavy atom. The number of aromatic hydroxyl groups is 1. The van der Waals surface area contributed by atoms with Gasteiger partial charge in [-0.1, -0.05) is 26.8 Å². The van der Waals surface area contributed by atoms with Crippen LogP contribution in [0.15, 0.2) is 18.2 Å². The van der Waals surface area contributed by atoms with Crippen LogP contribution in [0.2, 0.25) is 0 Å². The van der Waals surface area contributed by atoms with Crippen molar-refractivity contribution < 1.29 is 5.11 Å². The molecule has 0 heterocycles. The molecule has 0 aliphatic heterocycles. The summed E-state index contributed by atoms with van der Waals surface area (Å²) in [4.78, 5) is 0. The molecule has 0 aliphatic rings. The Hall–Kier alpha value is -1.18. The second-order valence-corrected chi connectivity index (χ2v) is 4.01. The fraction of sp³-hybridized carbons (Fsp3) is 0.455. The Bertz CT molecular complexity index is 305. The molecule has 3 N–H and O–H groups in total. The first-order chi connectivity index (χ1) is 5.97. The molecule has 2 nitrogen and oxygen atoms in total. The molecular formula is C11H17NO. The van der Waals surface area contributed by atoms with E-state index in [1.54, 1.807) is 6.07 Å². The fourth-order valence-corrected chi connectivity index (χ4v) is 1.18. The lowest BCUT2D eigenvalue weighted by atomic mass is 9.82. The van der Waals surface area contributed by atoms with Crippen molar-refractivity contribution >= 4 is 5.69 Å². The summed E-state index contributed by atoms with van der Waals surface area (Å²) in [6.07, 6.45) is 1.05. The van der Waals surface area contributed by atoms with Crippen LogP contribution < -0.4 is 5.73 Å². The molecular weight excluding hydrogens is 162 g/mol. The van der Waals surface area contributed by atoms with Crippen molar-refractivity contribution in [3.8, 4) is 5.75 Å². The SMILES string of the molecule is CCC(C)(C)c1ccc(O)c(N)c1. The molecule has 1 aromatic carbocycles. The average molecular weight is 179 g/mol. The van der Waals surface area contributed by atoms with Crippen molar-refractivity contribution in [2.75, 3.05) is 5.73 Å². The van der Waals surface area contributed by atoms with E-state index in [1.165, 1.54) is 5.56 Å². The van der Waals surface area contributed by atoms with Crippen LogP contribution in [0.25, 0.3) is 0 Å². The normalized spacial score (nSPS) is 11.6. The van der Waals surface area contributed by atoms with E-state index in [0.29, 0.717) is 5.69 Å². The van der Waals surface area contributed by atoms with Crippen LogP contribution in [-0.2, 0) is 5.41 Å². The lowest BCUT2D eigenvalue weighted by molar-refractivity contribution is 0.474. The van der Waals surface area contributed by atoms with E-state index in [4.69, 9.17) is 5.73 Å². The van der Waals surface area contributed by atoms with Gasteiger partial charge in [-0.2, -0.15) is 0 Å². The monoisotopic (exact) mass is 179 g/mol. The summed E-state index contributed by atoms with van der Waals surface area (Å²) in [5.74, 6) is 0.163. The summed E-state index contributed by atoms with van der Waals surface area (Å²) in [6.45, 7) is 6.47. The Morgan fingerprint density at radius 3 is 2.46 bits per heavy atom. The molecule has 0 saturated carbocycles. The molecule has 0 atom stereocenters. The molecule has 2 heteroatoms. The number of hydrogen-bond donors (Lipinski definition) is 2. The Balaban J connectivity index is 3.10. The van der Waals surface area contributed by atoms with Crippen LogP contribution in [0.5, 0.6) is 5.75 Å². The molecule has 0 aromatic heterocycles. The third kappa shape index (κ3) is 1.94. The van der Waals surface area contributed by atoms with Gasteiger partial charge in [0.25, 0.3) is 0 Å². The largest absolute Gasteiger partial charge is 0.506 e. The molecule has 0 fully saturated rings. The van der Waals surface area contributed by atoms with E-state index >= 15 is 0 Å². The van der Waals surface area contributed by atoms with Gasteiger partial charge in [0.15, 0.2) is 0 Å². The Morgan fingerprint density at radius 1 is 1.38 bits per heavy atom. The van der Waals surface area contributed by atoms with Crippen LogP contribution in [0.1, 0.15) is 32.8 Å². The van der Waals surface area contributed by atoms with E-state index in [0.717, 1.165) is 6.42 Å². The second-order valence-electron chi connectivity index (χ2n) is 4.01. The predicted octanol–water partition coefficient (Wildman–Crippen LogP) is 2.66. The lowest BCUT2D eigenvalue weighted by Gasteiger charge is -2.23. The van der Waals surface area contributed by atoms with Gasteiger partial charge in [0.1, 0.15) is 5.75 Å². The lowest BCUT2D eigenvalue weighted by Crippen LogP contribution is -2.15. The molecule has 0 saturated heterocycles. The summed E-state index contributed by atoms with van der Waals surface area (Å²) in [5, 5.41) is 9.26. The van der Waals surface area contributed by atoms with Crippen molar-refractivity contribution in [2.24, 2.45) is 0 Å². The van der Waals surface area contributed by atoms with E-state index in [2.05, 4.69) is 20.8 Å². The summed E-state index contributed by atoms with van der Waals surface area (Å²) < 4.78 is 0. The molecule has 0 aliphatic carbocycles. The van der Waals surface area contributed by atoms with Crippen LogP contribution in [0.4, 0.5) is 5.69 Å². The third-order valence-corrected chi connectivity index (χ3v) is 2.69. The van der Waals surface area contributed by atoms with Crippen LogP contribution >= 0.6 is 0 Å². The van der Waals surface area contributed by atoms with Crippen LogP contribution in [0, 0.1) is 0 Å². The first-order valence-electron chi connectivity index (χ1n) is 4.56. The van der Waals surface area contributed by atoms with Gasteiger partial charge in [-0.15, -0.1) is 0 Å². The van der Waals surface area contributed by atoms with Crippen molar-refractivity contribution in [3.63, 3.8) is 0 Å². The highest BCUT2D eigenvalue weighted by Gasteiger charge is 2.18. The molecule has 0 spiro atoms. The van der Waals surface area contributed by atoms with E-state index in [1.807, 2.05) is 12.1 Å². The molecule has 0 radical (unpaired) electrons. The fourth-order valence-electron chi connectivity index (χ4n) is 1.18. The molecule has 0 amide bonds. The maximum atomic E-state index is 9.26. The number of nitrogens with two attached hydrogens (primary N) is 1. The van der Waals surface area contributed by atoms with Crippen LogP contribution in [-0.4, -0.2) is 5.11 Å². The molecule has 1 aromatic rings. The van der Waals surface area contributed by atoms with E-state index in [9.17, 15) is 5.11 Å². The van der Waals surface area contributed by atoms with Crippen molar-refractivity contribution in [1.82, 2.24) is 0 Å². The number of phenols is 1. The minimum Gasteiger partial charge on any atom is -0.506 e. The first kappa shape index (κ1) is 9.90. The Kier molecular flexibility index (Phi) is 2.50. The summed E-state index contributed by atoms with van der Waals surface area (Å²) >= 11 is 0. The molecule has 0 bridgehead atoms. The van der Waals surface area contributed by atoms with E-state index < -0.39 is 0 Å². The zero-order valence-electron chi connectivity index (χ0n) is 8.46. The van der Waals surface area contributed by atoms with Gasteiger partial charge in [-0.05, 0) is 29.5 Å². The molecule has 13 heavy (non-hydrogen) atoms. The minimum absolute atomic E-state index is 0.127. The smallest absolute Gasteiger partial charge is 0.138 e. The number of hydrogen-bond acceptors (Lipinski definition) is 2. The predicted molar refractivity (Wildman–Crippen MR) is 55.8 cm³/mol. The minimum atomic E-state index is 0.127. The number of nitrogen functional groups attached to an aromatic ring is 1. The quantitative estimate of drug-likeness (QED) is 0.541. The maximum absolute atomic E-state index is 9.26. The van der Waals surface area contributed by atoms with Crippen molar-refractivity contribution in [3.05, 3.63) is 23.8 Å². The molecule has 72 valence electrons. The van der Waals surface area contributed by atoms with Crippen molar-refractivity contribution in [2.45, 2.75) is 32.6 Å². The van der Waals surface area contributed by atoms with Gasteiger partial charge in [0, 0.05) is 0 Å². The number of benzene rings is 1. The average Bonchev–Trinajstić information content (AvgIpc) is 2.09. The van der Waals surface area contributed by atoms with Gasteiger partial charge < -0.3 is 10.8 Å². The van der Waals surface area contributed by atoms with Gasteiger partial charge in [-0.3, -0.25) is 0 Å². The van der Waals surface area contributed by atoms with Crippen LogP contribution in [0.3, 0.4) is 0 Å². The number of phenolic OH excluding ortho intramolecular Hbond substituents is 1. The maximum Gasteiger partial charge on any atom is 0.138 e. The summed E-state index contributed by atoms with van der Waals surface area (Å²) in [7, 11) is 0. The standard InChI is InChI=1S/C11H17NO/c1-4-11(2,3)8-5-6-10(13)9(12)7-8/h5-7,13H,4,12H2,1-3H3. The Labute approximate surface area is 79.4 Å². The third-order valence-electron chi connectivity index (χ3n) is 2.69. The number of rotatable bonds is 2.